The number of hydrogen-bond donors (Lipinski definition) is 1. The van der Waals surface area contributed by atoms with E-state index in [1.807, 2.05) is 25.1 Å². The molecule has 0 saturated heterocycles. The predicted molar refractivity (Wildman–Crippen MR) is 77.9 cm³/mol. The summed E-state index contributed by atoms with van der Waals surface area (Å²) in [5.74, 6) is 0.359. The molecular weight excluding hydrogens is 269 g/mol. The molecule has 3 rings (SSSR count). The average Bonchev–Trinajstić information content (AvgIpc) is 2.97. The largest absolute Gasteiger partial charge is 0.399 e. The Labute approximate surface area is 121 Å². The van der Waals surface area contributed by atoms with E-state index in [9.17, 15) is 4.39 Å². The lowest BCUT2D eigenvalue weighted by Crippen LogP contribution is -2.10. The molecule has 3 aromatic rings. The second-order valence-corrected chi connectivity index (χ2v) is 4.80. The number of nitrogens with zero attached hydrogens (tertiary/aromatic N) is 4. The van der Waals surface area contributed by atoms with Crippen molar-refractivity contribution in [2.24, 2.45) is 0 Å². The normalized spacial score (nSPS) is 12.3. The molecule has 0 aliphatic rings. The van der Waals surface area contributed by atoms with Gasteiger partial charge in [-0.15, -0.1) is 5.10 Å². The minimum atomic E-state index is -0.265. The minimum absolute atomic E-state index is 0.114. The predicted octanol–water partition coefficient (Wildman–Crippen LogP) is 2.67. The van der Waals surface area contributed by atoms with Crippen LogP contribution in [0.25, 0.3) is 11.4 Å². The molecule has 0 amide bonds. The molecule has 0 aliphatic carbocycles. The Kier molecular flexibility index (Phi) is 3.35. The molecule has 2 N–H and O–H groups in total. The first-order chi connectivity index (χ1) is 10.1. The van der Waals surface area contributed by atoms with E-state index >= 15 is 0 Å². The highest BCUT2D eigenvalue weighted by Crippen LogP contribution is 2.24. The molecule has 6 heteroatoms. The zero-order valence-electron chi connectivity index (χ0n) is 11.4. The van der Waals surface area contributed by atoms with Crippen molar-refractivity contribution < 1.29 is 4.39 Å². The molecular formula is C15H14FN5. The van der Waals surface area contributed by atoms with Crippen LogP contribution in [-0.4, -0.2) is 20.2 Å². The fraction of sp³-hybridized carbons (Fsp3) is 0.133. The Hall–Kier alpha value is -2.76. The van der Waals surface area contributed by atoms with Gasteiger partial charge < -0.3 is 5.73 Å². The van der Waals surface area contributed by atoms with Gasteiger partial charge in [-0.1, -0.05) is 24.3 Å². The van der Waals surface area contributed by atoms with Gasteiger partial charge in [-0.05, 0) is 47.2 Å². The quantitative estimate of drug-likeness (QED) is 0.750. The van der Waals surface area contributed by atoms with Gasteiger partial charge in [0.2, 0.25) is 0 Å². The van der Waals surface area contributed by atoms with E-state index < -0.39 is 0 Å². The van der Waals surface area contributed by atoms with E-state index in [-0.39, 0.29) is 11.9 Å². The van der Waals surface area contributed by atoms with Crippen molar-refractivity contribution in [2.75, 3.05) is 5.73 Å². The zero-order valence-corrected chi connectivity index (χ0v) is 11.4. The molecule has 21 heavy (non-hydrogen) atoms. The highest BCUT2D eigenvalue weighted by atomic mass is 19.1. The molecule has 0 radical (unpaired) electrons. The Morgan fingerprint density at radius 1 is 1.14 bits per heavy atom. The van der Waals surface area contributed by atoms with Crippen molar-refractivity contribution in [1.29, 1.82) is 0 Å². The first-order valence-electron chi connectivity index (χ1n) is 6.54. The summed E-state index contributed by atoms with van der Waals surface area (Å²) in [6, 6.07) is 13.6. The number of aromatic nitrogens is 4. The molecule has 2 aromatic carbocycles. The summed E-state index contributed by atoms with van der Waals surface area (Å²) in [4.78, 5) is 0. The summed E-state index contributed by atoms with van der Waals surface area (Å²) in [6.45, 7) is 1.96. The Balaban J connectivity index is 2.00. The number of benzene rings is 2. The highest BCUT2D eigenvalue weighted by Gasteiger charge is 2.16. The van der Waals surface area contributed by atoms with Gasteiger partial charge in [0.05, 0.1) is 6.04 Å². The third kappa shape index (κ3) is 2.60. The number of nitrogen functional groups attached to an aromatic ring is 1. The number of anilines is 1. The van der Waals surface area contributed by atoms with Crippen LogP contribution in [0, 0.1) is 5.82 Å². The van der Waals surface area contributed by atoms with Crippen LogP contribution in [-0.2, 0) is 0 Å². The van der Waals surface area contributed by atoms with E-state index in [1.54, 1.807) is 22.9 Å². The zero-order chi connectivity index (χ0) is 14.8. The SMILES string of the molecule is CC(c1ccc(F)cc1)n1nnnc1-c1cccc(N)c1. The van der Waals surface area contributed by atoms with E-state index in [0.29, 0.717) is 11.5 Å². The Bertz CT molecular complexity index is 751. The van der Waals surface area contributed by atoms with Crippen molar-refractivity contribution in [3.8, 4) is 11.4 Å². The van der Waals surface area contributed by atoms with Crippen LogP contribution in [0.2, 0.25) is 0 Å². The van der Waals surface area contributed by atoms with Crippen LogP contribution in [0.1, 0.15) is 18.5 Å². The second kappa shape index (κ2) is 5.32. The van der Waals surface area contributed by atoms with Crippen LogP contribution in [0.4, 0.5) is 10.1 Å². The summed E-state index contributed by atoms with van der Waals surface area (Å²) in [5, 5.41) is 11.8. The third-order valence-corrected chi connectivity index (χ3v) is 3.36. The van der Waals surface area contributed by atoms with E-state index in [4.69, 9.17) is 5.73 Å². The fourth-order valence-electron chi connectivity index (χ4n) is 2.20. The molecule has 0 spiro atoms. The maximum Gasteiger partial charge on any atom is 0.182 e. The van der Waals surface area contributed by atoms with Gasteiger partial charge in [0.25, 0.3) is 0 Å². The van der Waals surface area contributed by atoms with E-state index in [2.05, 4.69) is 15.5 Å². The van der Waals surface area contributed by atoms with Crippen molar-refractivity contribution >= 4 is 5.69 Å². The van der Waals surface area contributed by atoms with Crippen LogP contribution in [0.5, 0.6) is 0 Å². The summed E-state index contributed by atoms with van der Waals surface area (Å²) >= 11 is 0. The van der Waals surface area contributed by atoms with Gasteiger partial charge in [-0.2, -0.15) is 0 Å². The smallest absolute Gasteiger partial charge is 0.182 e. The van der Waals surface area contributed by atoms with Crippen LogP contribution in [0.3, 0.4) is 0 Å². The first-order valence-corrected chi connectivity index (χ1v) is 6.54. The summed E-state index contributed by atoms with van der Waals surface area (Å²) in [7, 11) is 0. The Morgan fingerprint density at radius 3 is 2.62 bits per heavy atom. The molecule has 1 heterocycles. The lowest BCUT2D eigenvalue weighted by Gasteiger charge is -2.14. The molecule has 0 bridgehead atoms. The van der Waals surface area contributed by atoms with Crippen molar-refractivity contribution in [1.82, 2.24) is 20.2 Å². The van der Waals surface area contributed by atoms with Crippen molar-refractivity contribution in [2.45, 2.75) is 13.0 Å². The van der Waals surface area contributed by atoms with Gasteiger partial charge in [0, 0.05) is 11.3 Å². The van der Waals surface area contributed by atoms with Crippen molar-refractivity contribution in [3.63, 3.8) is 0 Å². The van der Waals surface area contributed by atoms with Crippen molar-refractivity contribution in [3.05, 3.63) is 59.9 Å². The molecule has 0 saturated carbocycles. The molecule has 1 unspecified atom stereocenters. The van der Waals surface area contributed by atoms with E-state index in [0.717, 1.165) is 11.1 Å². The number of nitrogens with two attached hydrogens (primary N) is 1. The topological polar surface area (TPSA) is 69.6 Å². The highest BCUT2D eigenvalue weighted by molar-refractivity contribution is 5.60. The number of tetrazole rings is 1. The maximum absolute atomic E-state index is 13.0. The first kappa shape index (κ1) is 13.2. The van der Waals surface area contributed by atoms with Crippen LogP contribution >= 0.6 is 0 Å². The number of rotatable bonds is 3. The lowest BCUT2D eigenvalue weighted by molar-refractivity contribution is 0.546. The molecule has 106 valence electrons. The molecule has 1 aromatic heterocycles. The van der Waals surface area contributed by atoms with Gasteiger partial charge >= 0.3 is 0 Å². The third-order valence-electron chi connectivity index (χ3n) is 3.36. The van der Waals surface area contributed by atoms with Gasteiger partial charge in [-0.25, -0.2) is 9.07 Å². The van der Waals surface area contributed by atoms with Crippen LogP contribution in [0.15, 0.2) is 48.5 Å². The van der Waals surface area contributed by atoms with Gasteiger partial charge in [0.1, 0.15) is 5.82 Å². The number of halogens is 1. The molecule has 1 atom stereocenters. The Morgan fingerprint density at radius 2 is 1.90 bits per heavy atom. The molecule has 0 fully saturated rings. The standard InChI is InChI=1S/C15H14FN5/c1-10(11-5-7-13(16)8-6-11)21-15(18-19-20-21)12-3-2-4-14(17)9-12/h2-10H,17H2,1H3. The maximum atomic E-state index is 13.0. The van der Waals surface area contributed by atoms with E-state index in [1.165, 1.54) is 12.1 Å². The minimum Gasteiger partial charge on any atom is -0.399 e. The molecule has 0 aliphatic heterocycles. The molecule has 5 nitrogen and oxygen atoms in total. The van der Waals surface area contributed by atoms with Crippen LogP contribution < -0.4 is 5.73 Å². The fourth-order valence-corrected chi connectivity index (χ4v) is 2.20. The van der Waals surface area contributed by atoms with Gasteiger partial charge in [0.15, 0.2) is 5.82 Å². The summed E-state index contributed by atoms with van der Waals surface area (Å²) < 4.78 is 14.7. The summed E-state index contributed by atoms with van der Waals surface area (Å²) in [6.07, 6.45) is 0. The monoisotopic (exact) mass is 283 g/mol. The second-order valence-electron chi connectivity index (χ2n) is 4.80. The average molecular weight is 283 g/mol. The van der Waals surface area contributed by atoms with Gasteiger partial charge in [-0.3, -0.25) is 0 Å². The number of hydrogen-bond acceptors (Lipinski definition) is 4. The summed E-state index contributed by atoms with van der Waals surface area (Å²) in [5.41, 5.74) is 8.22. The lowest BCUT2D eigenvalue weighted by atomic mass is 10.1.